The van der Waals surface area contributed by atoms with E-state index in [2.05, 4.69) is 10.3 Å². The van der Waals surface area contributed by atoms with Crippen LogP contribution in [0.5, 0.6) is 5.75 Å². The Bertz CT molecular complexity index is 465. The Morgan fingerprint density at radius 3 is 3.06 bits per heavy atom. The summed E-state index contributed by atoms with van der Waals surface area (Å²) in [7, 11) is 3.59. The number of hydrogen-bond donors (Lipinski definition) is 1. The highest BCUT2D eigenvalue weighted by molar-refractivity contribution is 5.74. The van der Waals surface area contributed by atoms with Gasteiger partial charge in [0.25, 0.3) is 0 Å². The van der Waals surface area contributed by atoms with Gasteiger partial charge in [-0.2, -0.15) is 0 Å². The van der Waals surface area contributed by atoms with Gasteiger partial charge in [-0.25, -0.2) is 4.98 Å². The third-order valence-electron chi connectivity index (χ3n) is 2.46. The molecule has 2 rings (SSSR count). The first-order valence-electron chi connectivity index (χ1n) is 5.41. The van der Waals surface area contributed by atoms with Crippen molar-refractivity contribution >= 4 is 11.1 Å². The minimum Gasteiger partial charge on any atom is -0.497 e. The molecule has 0 unspecified atom stereocenters. The van der Waals surface area contributed by atoms with E-state index in [-0.39, 0.29) is 0 Å². The summed E-state index contributed by atoms with van der Waals surface area (Å²) >= 11 is 0. The van der Waals surface area contributed by atoms with Crippen LogP contribution in [0.4, 0.5) is 0 Å². The lowest BCUT2D eigenvalue weighted by Gasteiger charge is -1.96. The number of benzene rings is 1. The molecule has 1 aromatic carbocycles. The lowest BCUT2D eigenvalue weighted by Crippen LogP contribution is -2.08. The van der Waals surface area contributed by atoms with Crippen molar-refractivity contribution in [2.75, 3.05) is 20.7 Å². The number of nitrogens with zero attached hydrogens (tertiary/aromatic N) is 1. The Morgan fingerprint density at radius 2 is 2.31 bits per heavy atom. The fourth-order valence-electron chi connectivity index (χ4n) is 1.60. The number of hydrogen-bond acceptors (Lipinski definition) is 4. The fourth-order valence-corrected chi connectivity index (χ4v) is 1.60. The molecule has 0 spiro atoms. The molecule has 4 heteroatoms. The van der Waals surface area contributed by atoms with Gasteiger partial charge >= 0.3 is 0 Å². The minimum absolute atomic E-state index is 0.790. The van der Waals surface area contributed by atoms with Gasteiger partial charge in [0.1, 0.15) is 11.3 Å². The molecule has 1 heterocycles. The molecule has 1 aromatic heterocycles. The van der Waals surface area contributed by atoms with Gasteiger partial charge in [-0.15, -0.1) is 0 Å². The molecule has 16 heavy (non-hydrogen) atoms. The molecular formula is C12H16N2O2. The van der Waals surface area contributed by atoms with Crippen LogP contribution in [0.3, 0.4) is 0 Å². The molecule has 0 aliphatic heterocycles. The second-order valence-corrected chi connectivity index (χ2v) is 3.65. The smallest absolute Gasteiger partial charge is 0.195 e. The first-order chi connectivity index (χ1) is 7.83. The van der Waals surface area contributed by atoms with Crippen molar-refractivity contribution in [2.24, 2.45) is 0 Å². The van der Waals surface area contributed by atoms with E-state index in [1.165, 1.54) is 0 Å². The van der Waals surface area contributed by atoms with Crippen molar-refractivity contribution in [2.45, 2.75) is 12.8 Å². The van der Waals surface area contributed by atoms with E-state index in [0.717, 1.165) is 42.1 Å². The van der Waals surface area contributed by atoms with Crippen LogP contribution in [0.1, 0.15) is 12.3 Å². The molecule has 4 nitrogen and oxygen atoms in total. The highest BCUT2D eigenvalue weighted by atomic mass is 16.5. The normalized spacial score (nSPS) is 10.9. The van der Waals surface area contributed by atoms with E-state index in [1.807, 2.05) is 25.2 Å². The van der Waals surface area contributed by atoms with Crippen molar-refractivity contribution in [3.05, 3.63) is 24.1 Å². The Kier molecular flexibility index (Phi) is 3.41. The third kappa shape index (κ3) is 2.33. The van der Waals surface area contributed by atoms with Crippen molar-refractivity contribution in [1.29, 1.82) is 0 Å². The topological polar surface area (TPSA) is 47.3 Å². The zero-order chi connectivity index (χ0) is 11.4. The molecule has 2 aromatic rings. The molecule has 0 aliphatic rings. The Labute approximate surface area is 94.6 Å². The third-order valence-corrected chi connectivity index (χ3v) is 2.46. The van der Waals surface area contributed by atoms with Crippen molar-refractivity contribution in [1.82, 2.24) is 10.3 Å². The van der Waals surface area contributed by atoms with Gasteiger partial charge in [0.05, 0.1) is 7.11 Å². The second kappa shape index (κ2) is 4.99. The van der Waals surface area contributed by atoms with E-state index >= 15 is 0 Å². The number of ether oxygens (including phenoxy) is 1. The highest BCUT2D eigenvalue weighted by Gasteiger charge is 2.06. The number of nitrogens with one attached hydrogen (secondary N) is 1. The van der Waals surface area contributed by atoms with Crippen LogP contribution in [-0.2, 0) is 6.42 Å². The number of rotatable bonds is 5. The SMILES string of the molecule is CNCCCc1nc2ccc(OC)cc2o1. The predicted octanol–water partition coefficient (Wildman–Crippen LogP) is 1.99. The van der Waals surface area contributed by atoms with E-state index in [1.54, 1.807) is 7.11 Å². The van der Waals surface area contributed by atoms with Gasteiger partial charge in [-0.3, -0.25) is 0 Å². The first-order valence-corrected chi connectivity index (χ1v) is 5.41. The first kappa shape index (κ1) is 11.0. The van der Waals surface area contributed by atoms with Crippen LogP contribution in [0.2, 0.25) is 0 Å². The molecule has 0 saturated heterocycles. The van der Waals surface area contributed by atoms with Crippen LogP contribution in [0, 0.1) is 0 Å². The number of aryl methyl sites for hydroxylation is 1. The quantitative estimate of drug-likeness (QED) is 0.783. The number of fused-ring (bicyclic) bond motifs is 1. The Morgan fingerprint density at radius 1 is 1.44 bits per heavy atom. The van der Waals surface area contributed by atoms with Crippen LogP contribution < -0.4 is 10.1 Å². The Balaban J connectivity index is 2.16. The summed E-state index contributed by atoms with van der Waals surface area (Å²) < 4.78 is 10.8. The summed E-state index contributed by atoms with van der Waals surface area (Å²) in [5.41, 5.74) is 1.68. The van der Waals surface area contributed by atoms with Gasteiger partial charge in [0.2, 0.25) is 0 Å². The molecule has 86 valence electrons. The molecule has 0 radical (unpaired) electrons. The largest absolute Gasteiger partial charge is 0.497 e. The Hall–Kier alpha value is -1.55. The highest BCUT2D eigenvalue weighted by Crippen LogP contribution is 2.21. The number of oxazole rings is 1. The van der Waals surface area contributed by atoms with Crippen molar-refractivity contribution in [3.63, 3.8) is 0 Å². The predicted molar refractivity (Wildman–Crippen MR) is 62.8 cm³/mol. The molecule has 1 N–H and O–H groups in total. The zero-order valence-electron chi connectivity index (χ0n) is 9.62. The summed E-state index contributed by atoms with van der Waals surface area (Å²) in [5.74, 6) is 1.59. The van der Waals surface area contributed by atoms with Gasteiger partial charge in [0, 0.05) is 12.5 Å². The van der Waals surface area contributed by atoms with Crippen molar-refractivity contribution in [3.8, 4) is 5.75 Å². The average Bonchev–Trinajstić information content (AvgIpc) is 2.70. The molecule has 0 atom stereocenters. The monoisotopic (exact) mass is 220 g/mol. The molecule has 0 aliphatic carbocycles. The van der Waals surface area contributed by atoms with E-state index in [4.69, 9.17) is 9.15 Å². The molecule has 0 amide bonds. The van der Waals surface area contributed by atoms with E-state index < -0.39 is 0 Å². The minimum atomic E-state index is 0.790. The fraction of sp³-hybridized carbons (Fsp3) is 0.417. The lowest BCUT2D eigenvalue weighted by atomic mass is 10.3. The molecular weight excluding hydrogens is 204 g/mol. The molecule has 0 saturated carbocycles. The summed E-state index contributed by atoms with van der Waals surface area (Å²) in [6.07, 6.45) is 1.89. The van der Waals surface area contributed by atoms with Gasteiger partial charge in [-0.05, 0) is 32.1 Å². The van der Waals surface area contributed by atoms with Crippen LogP contribution in [0.25, 0.3) is 11.1 Å². The zero-order valence-corrected chi connectivity index (χ0v) is 9.62. The maximum atomic E-state index is 5.64. The van der Waals surface area contributed by atoms with Crippen LogP contribution in [0.15, 0.2) is 22.6 Å². The molecule has 0 bridgehead atoms. The summed E-state index contributed by atoms with van der Waals surface area (Å²) in [5, 5.41) is 3.10. The maximum absolute atomic E-state index is 5.64. The summed E-state index contributed by atoms with van der Waals surface area (Å²) in [6, 6.07) is 5.67. The van der Waals surface area contributed by atoms with E-state index in [0.29, 0.717) is 0 Å². The van der Waals surface area contributed by atoms with Crippen LogP contribution in [-0.4, -0.2) is 25.7 Å². The summed E-state index contributed by atoms with van der Waals surface area (Å²) in [4.78, 5) is 4.41. The van der Waals surface area contributed by atoms with Gasteiger partial charge in [0.15, 0.2) is 11.5 Å². The average molecular weight is 220 g/mol. The number of aromatic nitrogens is 1. The van der Waals surface area contributed by atoms with E-state index in [9.17, 15) is 0 Å². The second-order valence-electron chi connectivity index (χ2n) is 3.65. The van der Waals surface area contributed by atoms with Crippen LogP contribution >= 0.6 is 0 Å². The standard InChI is InChI=1S/C12H16N2O2/c1-13-7-3-4-12-14-10-6-5-9(15-2)8-11(10)16-12/h5-6,8,13H,3-4,7H2,1-2H3. The maximum Gasteiger partial charge on any atom is 0.195 e. The van der Waals surface area contributed by atoms with Gasteiger partial charge < -0.3 is 14.5 Å². The van der Waals surface area contributed by atoms with Crippen molar-refractivity contribution < 1.29 is 9.15 Å². The summed E-state index contributed by atoms with van der Waals surface area (Å²) in [6.45, 7) is 0.974. The number of methoxy groups -OCH3 is 1. The van der Waals surface area contributed by atoms with Gasteiger partial charge in [-0.1, -0.05) is 0 Å². The molecule has 0 fully saturated rings. The lowest BCUT2D eigenvalue weighted by molar-refractivity contribution is 0.414.